The van der Waals surface area contributed by atoms with E-state index in [1.807, 2.05) is 0 Å². The molecule has 0 bridgehead atoms. The zero-order valence-electron chi connectivity index (χ0n) is 10.2. The van der Waals surface area contributed by atoms with E-state index in [4.69, 9.17) is 9.88 Å². The fourth-order valence-electron chi connectivity index (χ4n) is 1.45. The highest BCUT2D eigenvalue weighted by Gasteiger charge is 2.18. The van der Waals surface area contributed by atoms with E-state index in [1.165, 1.54) is 4.68 Å². The number of nitrogens with two attached hydrogens (primary N) is 1. The molecule has 0 saturated heterocycles. The molecule has 0 unspecified atom stereocenters. The van der Waals surface area contributed by atoms with E-state index in [9.17, 15) is 12.8 Å². The standard InChI is InChI=1S/C10H10BrFN4O3S/c1-16-4-6(14-15-16)5-19-9-3-8(12)10(2-7(9)11)20(13,17)18/h2-4H,5H2,1H3,(H2,13,17,18). The molecule has 0 atom stereocenters. The van der Waals surface area contributed by atoms with Crippen molar-refractivity contribution in [3.63, 3.8) is 0 Å². The molecule has 2 aromatic rings. The molecule has 1 aromatic carbocycles. The lowest BCUT2D eigenvalue weighted by Gasteiger charge is -2.09. The number of primary sulfonamides is 1. The third-order valence-corrected chi connectivity index (χ3v) is 3.86. The van der Waals surface area contributed by atoms with Gasteiger partial charge in [-0.25, -0.2) is 17.9 Å². The molecule has 1 aromatic heterocycles. The molecule has 0 fully saturated rings. The summed E-state index contributed by atoms with van der Waals surface area (Å²) in [5, 5.41) is 12.4. The number of ether oxygens (including phenoxy) is 1. The third kappa shape index (κ3) is 3.32. The van der Waals surface area contributed by atoms with Crippen LogP contribution in [0.5, 0.6) is 5.75 Å². The van der Waals surface area contributed by atoms with Crippen molar-refractivity contribution in [3.8, 4) is 5.75 Å². The van der Waals surface area contributed by atoms with Crippen LogP contribution in [-0.2, 0) is 23.7 Å². The van der Waals surface area contributed by atoms with Crippen LogP contribution in [0.4, 0.5) is 4.39 Å². The van der Waals surface area contributed by atoms with Gasteiger partial charge in [0.05, 0.1) is 10.7 Å². The van der Waals surface area contributed by atoms with E-state index in [-0.39, 0.29) is 16.8 Å². The van der Waals surface area contributed by atoms with Crippen LogP contribution in [0.25, 0.3) is 0 Å². The van der Waals surface area contributed by atoms with Crippen molar-refractivity contribution in [2.45, 2.75) is 11.5 Å². The lowest BCUT2D eigenvalue weighted by molar-refractivity contribution is 0.297. The van der Waals surface area contributed by atoms with Crippen LogP contribution in [0.1, 0.15) is 5.69 Å². The van der Waals surface area contributed by atoms with Gasteiger partial charge in [0, 0.05) is 13.1 Å². The molecule has 0 aliphatic carbocycles. The number of sulfonamides is 1. The number of aromatic nitrogens is 3. The van der Waals surface area contributed by atoms with Crippen LogP contribution < -0.4 is 9.88 Å². The van der Waals surface area contributed by atoms with Gasteiger partial charge in [0.15, 0.2) is 0 Å². The van der Waals surface area contributed by atoms with E-state index in [0.717, 1.165) is 12.1 Å². The van der Waals surface area contributed by atoms with Gasteiger partial charge in [-0.1, -0.05) is 5.21 Å². The Balaban J connectivity index is 2.23. The first-order valence-corrected chi connectivity index (χ1v) is 7.61. The summed E-state index contributed by atoms with van der Waals surface area (Å²) in [4.78, 5) is -0.601. The lowest BCUT2D eigenvalue weighted by atomic mass is 10.3. The van der Waals surface area contributed by atoms with Crippen molar-refractivity contribution in [2.75, 3.05) is 0 Å². The van der Waals surface area contributed by atoms with Gasteiger partial charge < -0.3 is 4.74 Å². The minimum atomic E-state index is -4.12. The van der Waals surface area contributed by atoms with Crippen LogP contribution in [0.2, 0.25) is 0 Å². The second-order valence-corrected chi connectivity index (χ2v) is 6.31. The van der Waals surface area contributed by atoms with Gasteiger partial charge in [-0.15, -0.1) is 5.10 Å². The second-order valence-electron chi connectivity index (χ2n) is 3.93. The molecule has 0 saturated carbocycles. The Kier molecular flexibility index (Phi) is 4.06. The molecule has 0 amide bonds. The molecule has 20 heavy (non-hydrogen) atoms. The normalized spacial score (nSPS) is 11.6. The molecule has 1 heterocycles. The van der Waals surface area contributed by atoms with Crippen molar-refractivity contribution in [1.29, 1.82) is 0 Å². The first-order chi connectivity index (χ1) is 9.27. The average Bonchev–Trinajstić information content (AvgIpc) is 2.74. The first kappa shape index (κ1) is 14.9. The number of hydrogen-bond donors (Lipinski definition) is 1. The highest BCUT2D eigenvalue weighted by Crippen LogP contribution is 2.30. The van der Waals surface area contributed by atoms with Crippen LogP contribution in [-0.4, -0.2) is 23.4 Å². The molecular weight excluding hydrogens is 355 g/mol. The lowest BCUT2D eigenvalue weighted by Crippen LogP contribution is -2.14. The smallest absolute Gasteiger partial charge is 0.241 e. The van der Waals surface area contributed by atoms with Gasteiger partial charge in [0.1, 0.15) is 28.8 Å². The fourth-order valence-corrected chi connectivity index (χ4v) is 2.67. The summed E-state index contributed by atoms with van der Waals surface area (Å²) in [5.41, 5.74) is 0.551. The van der Waals surface area contributed by atoms with Crippen LogP contribution >= 0.6 is 15.9 Å². The summed E-state index contributed by atoms with van der Waals surface area (Å²) in [6.45, 7) is 0.0700. The van der Waals surface area contributed by atoms with Crippen LogP contribution in [0, 0.1) is 5.82 Å². The molecule has 2 N–H and O–H groups in total. The molecule has 0 spiro atoms. The molecule has 0 aliphatic rings. The molecule has 0 radical (unpaired) electrons. The van der Waals surface area contributed by atoms with Crippen molar-refractivity contribution in [3.05, 3.63) is 34.3 Å². The van der Waals surface area contributed by atoms with Crippen molar-refractivity contribution >= 4 is 26.0 Å². The number of nitrogens with zero attached hydrogens (tertiary/aromatic N) is 3. The Morgan fingerprint density at radius 3 is 2.75 bits per heavy atom. The fraction of sp³-hybridized carbons (Fsp3) is 0.200. The number of rotatable bonds is 4. The minimum Gasteiger partial charge on any atom is -0.486 e. The highest BCUT2D eigenvalue weighted by atomic mass is 79.9. The summed E-state index contributed by atoms with van der Waals surface area (Å²) in [6, 6.07) is 2.00. The number of hydrogen-bond acceptors (Lipinski definition) is 5. The Morgan fingerprint density at radius 1 is 1.50 bits per heavy atom. The Labute approximate surface area is 122 Å². The summed E-state index contributed by atoms with van der Waals surface area (Å²) in [6.07, 6.45) is 1.64. The maximum atomic E-state index is 13.7. The SMILES string of the molecule is Cn1cc(COc2cc(F)c(S(N)(=O)=O)cc2Br)nn1. The van der Waals surface area contributed by atoms with Gasteiger partial charge in [-0.3, -0.25) is 4.68 Å². The minimum absolute atomic E-state index is 0.0700. The van der Waals surface area contributed by atoms with E-state index in [1.54, 1.807) is 13.2 Å². The maximum Gasteiger partial charge on any atom is 0.241 e. The average molecular weight is 365 g/mol. The Hall–Kier alpha value is -1.52. The van der Waals surface area contributed by atoms with Crippen LogP contribution in [0.15, 0.2) is 27.7 Å². The second kappa shape index (κ2) is 5.46. The molecule has 7 nitrogen and oxygen atoms in total. The third-order valence-electron chi connectivity index (χ3n) is 2.32. The predicted octanol–water partition coefficient (Wildman–Crippen LogP) is 0.943. The van der Waals surface area contributed by atoms with Crippen molar-refractivity contribution < 1.29 is 17.5 Å². The van der Waals surface area contributed by atoms with Gasteiger partial charge in [0.2, 0.25) is 10.0 Å². The maximum absolute atomic E-state index is 13.7. The van der Waals surface area contributed by atoms with Gasteiger partial charge >= 0.3 is 0 Å². The Bertz CT molecular complexity index is 747. The summed E-state index contributed by atoms with van der Waals surface area (Å²) >= 11 is 3.10. The molecule has 2 rings (SSSR count). The quantitative estimate of drug-likeness (QED) is 0.869. The molecule has 10 heteroatoms. The van der Waals surface area contributed by atoms with E-state index >= 15 is 0 Å². The number of halogens is 2. The van der Waals surface area contributed by atoms with Crippen LogP contribution in [0.3, 0.4) is 0 Å². The number of benzene rings is 1. The van der Waals surface area contributed by atoms with Gasteiger partial charge in [-0.2, -0.15) is 0 Å². The first-order valence-electron chi connectivity index (χ1n) is 5.27. The summed E-state index contributed by atoms with van der Waals surface area (Å²) < 4.78 is 43.1. The molecule has 0 aliphatic heterocycles. The monoisotopic (exact) mass is 364 g/mol. The number of aryl methyl sites for hydroxylation is 1. The summed E-state index contributed by atoms with van der Waals surface area (Å²) in [7, 11) is -2.42. The van der Waals surface area contributed by atoms with Gasteiger partial charge in [-0.05, 0) is 22.0 Å². The van der Waals surface area contributed by atoms with Crippen molar-refractivity contribution in [2.24, 2.45) is 12.2 Å². The largest absolute Gasteiger partial charge is 0.486 e. The van der Waals surface area contributed by atoms with E-state index < -0.39 is 20.7 Å². The molecular formula is C10H10BrFN4O3S. The predicted molar refractivity (Wildman–Crippen MR) is 70.8 cm³/mol. The summed E-state index contributed by atoms with van der Waals surface area (Å²) in [5.74, 6) is -0.842. The van der Waals surface area contributed by atoms with E-state index in [0.29, 0.717) is 5.69 Å². The van der Waals surface area contributed by atoms with Gasteiger partial charge in [0.25, 0.3) is 0 Å². The van der Waals surface area contributed by atoms with E-state index in [2.05, 4.69) is 26.2 Å². The Morgan fingerprint density at radius 2 is 2.20 bits per heavy atom. The zero-order valence-corrected chi connectivity index (χ0v) is 12.6. The molecule has 108 valence electrons. The topological polar surface area (TPSA) is 100 Å². The zero-order chi connectivity index (χ0) is 14.9. The van der Waals surface area contributed by atoms with Crippen molar-refractivity contribution in [1.82, 2.24) is 15.0 Å². The highest BCUT2D eigenvalue weighted by molar-refractivity contribution is 9.10.